The summed E-state index contributed by atoms with van der Waals surface area (Å²) in [5.41, 5.74) is 0. The standard InChI is InChI=1S/C4H7BrN2/c1-7-2-4(5)6-3-7/h2-3H2,1H3. The lowest BCUT2D eigenvalue weighted by Gasteiger charge is -2.00. The van der Waals surface area contributed by atoms with Gasteiger partial charge in [-0.3, -0.25) is 9.89 Å². The zero-order valence-electron chi connectivity index (χ0n) is 4.19. The molecule has 1 aliphatic rings. The highest BCUT2D eigenvalue weighted by molar-refractivity contribution is 9.18. The molecule has 0 amide bonds. The molecule has 0 saturated carbocycles. The van der Waals surface area contributed by atoms with Gasteiger partial charge in [-0.05, 0) is 23.0 Å². The Morgan fingerprint density at radius 1 is 1.86 bits per heavy atom. The van der Waals surface area contributed by atoms with Gasteiger partial charge in [0.2, 0.25) is 0 Å². The quantitative estimate of drug-likeness (QED) is 0.512. The Kier molecular flexibility index (Phi) is 1.44. The highest BCUT2D eigenvalue weighted by atomic mass is 79.9. The van der Waals surface area contributed by atoms with E-state index in [2.05, 4.69) is 25.8 Å². The number of hydrogen-bond acceptors (Lipinski definition) is 2. The molecular weight excluding hydrogens is 156 g/mol. The summed E-state index contributed by atoms with van der Waals surface area (Å²) >= 11 is 3.29. The summed E-state index contributed by atoms with van der Waals surface area (Å²) in [6.45, 7) is 1.82. The van der Waals surface area contributed by atoms with Crippen LogP contribution in [0, 0.1) is 0 Å². The van der Waals surface area contributed by atoms with Crippen LogP contribution in [0.5, 0.6) is 0 Å². The summed E-state index contributed by atoms with van der Waals surface area (Å²) in [5, 5.41) is 0. The molecule has 2 nitrogen and oxygen atoms in total. The molecule has 0 saturated heterocycles. The Bertz CT molecular complexity index is 99.9. The molecule has 0 N–H and O–H groups in total. The summed E-state index contributed by atoms with van der Waals surface area (Å²) in [7, 11) is 2.04. The maximum absolute atomic E-state index is 4.08. The molecule has 0 fully saturated rings. The first kappa shape index (κ1) is 5.25. The van der Waals surface area contributed by atoms with E-state index in [1.165, 1.54) is 0 Å². The van der Waals surface area contributed by atoms with E-state index in [0.717, 1.165) is 17.8 Å². The molecule has 0 atom stereocenters. The van der Waals surface area contributed by atoms with E-state index in [1.807, 2.05) is 7.05 Å². The molecule has 0 aromatic rings. The maximum atomic E-state index is 4.08. The number of rotatable bonds is 0. The van der Waals surface area contributed by atoms with Gasteiger partial charge >= 0.3 is 0 Å². The Balaban J connectivity index is 2.42. The Labute approximate surface area is 51.4 Å². The van der Waals surface area contributed by atoms with Crippen molar-refractivity contribution in [3.63, 3.8) is 0 Å². The first-order valence-corrected chi connectivity index (χ1v) is 2.96. The van der Waals surface area contributed by atoms with E-state index >= 15 is 0 Å². The van der Waals surface area contributed by atoms with Crippen LogP contribution in [-0.2, 0) is 0 Å². The minimum absolute atomic E-state index is 0.848. The van der Waals surface area contributed by atoms with Crippen LogP contribution in [0.15, 0.2) is 4.99 Å². The fourth-order valence-electron chi connectivity index (χ4n) is 0.520. The topological polar surface area (TPSA) is 15.6 Å². The first-order valence-electron chi connectivity index (χ1n) is 2.16. The average molecular weight is 163 g/mol. The van der Waals surface area contributed by atoms with E-state index in [0.29, 0.717) is 0 Å². The van der Waals surface area contributed by atoms with Gasteiger partial charge in [0.25, 0.3) is 0 Å². The minimum Gasteiger partial charge on any atom is -0.281 e. The maximum Gasteiger partial charge on any atom is 0.0930 e. The number of nitrogens with zero attached hydrogens (tertiary/aromatic N) is 2. The van der Waals surface area contributed by atoms with Crippen molar-refractivity contribution in [2.24, 2.45) is 4.99 Å². The van der Waals surface area contributed by atoms with Crippen molar-refractivity contribution in [3.8, 4) is 0 Å². The normalized spacial score (nSPS) is 22.9. The average Bonchev–Trinajstić information content (AvgIpc) is 1.87. The SMILES string of the molecule is CN1CN=C(Br)C1. The molecule has 0 unspecified atom stereocenters. The van der Waals surface area contributed by atoms with Crippen LogP contribution in [-0.4, -0.2) is 29.8 Å². The molecule has 7 heavy (non-hydrogen) atoms. The van der Waals surface area contributed by atoms with Crippen molar-refractivity contribution >= 4 is 20.6 Å². The van der Waals surface area contributed by atoms with Crippen molar-refractivity contribution in [3.05, 3.63) is 0 Å². The van der Waals surface area contributed by atoms with Gasteiger partial charge in [-0.15, -0.1) is 0 Å². The summed E-state index contributed by atoms with van der Waals surface area (Å²) in [5.74, 6) is 0. The van der Waals surface area contributed by atoms with E-state index in [1.54, 1.807) is 0 Å². The van der Waals surface area contributed by atoms with Crippen LogP contribution in [0.3, 0.4) is 0 Å². The van der Waals surface area contributed by atoms with Crippen LogP contribution < -0.4 is 0 Å². The third-order valence-electron chi connectivity index (χ3n) is 0.884. The molecule has 0 spiro atoms. The van der Waals surface area contributed by atoms with Crippen LogP contribution in [0.2, 0.25) is 0 Å². The molecule has 1 aliphatic heterocycles. The van der Waals surface area contributed by atoms with Gasteiger partial charge in [-0.25, -0.2) is 0 Å². The van der Waals surface area contributed by atoms with E-state index in [-0.39, 0.29) is 0 Å². The van der Waals surface area contributed by atoms with Gasteiger partial charge in [-0.2, -0.15) is 0 Å². The molecule has 40 valence electrons. The second kappa shape index (κ2) is 1.92. The summed E-state index contributed by atoms with van der Waals surface area (Å²) in [6, 6.07) is 0. The van der Waals surface area contributed by atoms with Gasteiger partial charge in [-0.1, -0.05) is 0 Å². The van der Waals surface area contributed by atoms with Crippen molar-refractivity contribution in [1.29, 1.82) is 0 Å². The molecule has 1 rings (SSSR count). The Morgan fingerprint density at radius 3 is 2.71 bits per heavy atom. The van der Waals surface area contributed by atoms with Crippen molar-refractivity contribution in [1.82, 2.24) is 4.90 Å². The minimum atomic E-state index is 0.848. The van der Waals surface area contributed by atoms with Crippen LogP contribution >= 0.6 is 15.9 Å². The fraction of sp³-hybridized carbons (Fsp3) is 0.750. The lowest BCUT2D eigenvalue weighted by Crippen LogP contribution is -2.14. The smallest absolute Gasteiger partial charge is 0.0930 e. The Hall–Kier alpha value is 0.110. The van der Waals surface area contributed by atoms with Gasteiger partial charge in [0, 0.05) is 6.54 Å². The van der Waals surface area contributed by atoms with E-state index in [4.69, 9.17) is 0 Å². The molecule has 0 aromatic carbocycles. The molecule has 0 radical (unpaired) electrons. The largest absolute Gasteiger partial charge is 0.281 e. The lowest BCUT2D eigenvalue weighted by molar-refractivity contribution is 0.422. The first-order chi connectivity index (χ1) is 3.29. The van der Waals surface area contributed by atoms with E-state index in [9.17, 15) is 0 Å². The Morgan fingerprint density at radius 2 is 2.57 bits per heavy atom. The van der Waals surface area contributed by atoms with Crippen LogP contribution in [0.1, 0.15) is 0 Å². The predicted octanol–water partition coefficient (Wildman–Crippen LogP) is 0.683. The van der Waals surface area contributed by atoms with Crippen LogP contribution in [0.25, 0.3) is 0 Å². The van der Waals surface area contributed by atoms with Crippen LogP contribution in [0.4, 0.5) is 0 Å². The molecule has 3 heteroatoms. The fourth-order valence-corrected chi connectivity index (χ4v) is 1.06. The van der Waals surface area contributed by atoms with E-state index < -0.39 is 0 Å². The van der Waals surface area contributed by atoms with Gasteiger partial charge in [0.1, 0.15) is 0 Å². The highest BCUT2D eigenvalue weighted by Crippen LogP contribution is 2.00. The summed E-state index contributed by atoms with van der Waals surface area (Å²) in [4.78, 5) is 6.21. The highest BCUT2D eigenvalue weighted by Gasteiger charge is 2.06. The third-order valence-corrected chi connectivity index (χ3v) is 1.39. The predicted molar refractivity (Wildman–Crippen MR) is 33.9 cm³/mol. The zero-order chi connectivity index (χ0) is 5.28. The zero-order valence-corrected chi connectivity index (χ0v) is 5.77. The number of halogens is 1. The molecule has 0 bridgehead atoms. The molecule has 0 aliphatic carbocycles. The summed E-state index contributed by atoms with van der Waals surface area (Å²) < 4.78 is 1.06. The van der Waals surface area contributed by atoms with Crippen molar-refractivity contribution < 1.29 is 0 Å². The summed E-state index contributed by atoms with van der Waals surface area (Å²) in [6.07, 6.45) is 0. The lowest BCUT2D eigenvalue weighted by atomic mass is 10.7. The number of aliphatic imine (C=N–C) groups is 1. The molecule has 0 aromatic heterocycles. The number of hydrogen-bond donors (Lipinski definition) is 0. The van der Waals surface area contributed by atoms with Gasteiger partial charge < -0.3 is 0 Å². The second-order valence-corrected chi connectivity index (χ2v) is 2.61. The molecular formula is C4H7BrN2. The van der Waals surface area contributed by atoms with Crippen molar-refractivity contribution in [2.45, 2.75) is 0 Å². The third kappa shape index (κ3) is 1.24. The second-order valence-electron chi connectivity index (χ2n) is 1.69. The van der Waals surface area contributed by atoms with Gasteiger partial charge in [0.15, 0.2) is 0 Å². The van der Waals surface area contributed by atoms with Gasteiger partial charge in [0.05, 0.1) is 11.3 Å². The van der Waals surface area contributed by atoms with Crippen molar-refractivity contribution in [2.75, 3.05) is 20.3 Å². The monoisotopic (exact) mass is 162 g/mol. The molecule has 1 heterocycles.